The zero-order chi connectivity index (χ0) is 15.7. The van der Waals surface area contributed by atoms with Crippen LogP contribution < -0.4 is 10.5 Å². The van der Waals surface area contributed by atoms with Crippen LogP contribution in [0.25, 0.3) is 0 Å². The highest BCUT2D eigenvalue weighted by molar-refractivity contribution is 7.89. The predicted octanol–water partition coefficient (Wildman–Crippen LogP) is 0.580. The summed E-state index contributed by atoms with van der Waals surface area (Å²) in [4.78, 5) is 21.7. The lowest BCUT2D eigenvalue weighted by Gasteiger charge is -2.22. The fourth-order valence-electron chi connectivity index (χ4n) is 1.28. The number of halogens is 1. The number of carboxylic acid groups (broad SMARTS) is 1. The molecule has 0 aliphatic heterocycles. The summed E-state index contributed by atoms with van der Waals surface area (Å²) in [5, 5.41) is 8.58. The molecule has 0 bridgehead atoms. The van der Waals surface area contributed by atoms with Gasteiger partial charge in [-0.2, -0.15) is 4.72 Å². The molecule has 0 radical (unpaired) electrons. The predicted molar refractivity (Wildman–Crippen MR) is 72.0 cm³/mol. The van der Waals surface area contributed by atoms with Gasteiger partial charge in [-0.15, -0.1) is 0 Å². The number of carboxylic acids is 1. The first-order valence-corrected chi connectivity index (χ1v) is 7.20. The van der Waals surface area contributed by atoms with Crippen molar-refractivity contribution in [3.05, 3.63) is 28.8 Å². The lowest BCUT2D eigenvalue weighted by molar-refractivity contribution is -0.122. The van der Waals surface area contributed by atoms with Crippen LogP contribution in [0.1, 0.15) is 24.2 Å². The number of aromatic carboxylic acids is 1. The number of amides is 1. The Hall–Kier alpha value is -1.64. The number of hydrogen-bond donors (Lipinski definition) is 3. The van der Waals surface area contributed by atoms with Crippen LogP contribution in [0.4, 0.5) is 0 Å². The van der Waals surface area contributed by atoms with E-state index in [9.17, 15) is 18.0 Å². The van der Waals surface area contributed by atoms with Crippen molar-refractivity contribution in [3.63, 3.8) is 0 Å². The van der Waals surface area contributed by atoms with Crippen LogP contribution in [0.2, 0.25) is 5.02 Å². The monoisotopic (exact) mass is 320 g/mol. The average Bonchev–Trinajstić information content (AvgIpc) is 2.26. The second-order valence-electron chi connectivity index (χ2n) is 4.54. The smallest absolute Gasteiger partial charge is 0.337 e. The summed E-state index contributed by atoms with van der Waals surface area (Å²) in [5.74, 6) is -2.13. The maximum atomic E-state index is 12.1. The Morgan fingerprint density at radius 3 is 2.30 bits per heavy atom. The Morgan fingerprint density at radius 1 is 1.35 bits per heavy atom. The summed E-state index contributed by atoms with van der Waals surface area (Å²) in [6.45, 7) is 2.61. The summed E-state index contributed by atoms with van der Waals surface area (Å²) >= 11 is 5.70. The van der Waals surface area contributed by atoms with Crippen molar-refractivity contribution < 1.29 is 23.1 Å². The van der Waals surface area contributed by atoms with Gasteiger partial charge in [-0.1, -0.05) is 11.6 Å². The fourth-order valence-corrected chi connectivity index (χ4v) is 3.02. The quantitative estimate of drug-likeness (QED) is 0.731. The molecule has 0 unspecified atom stereocenters. The number of benzene rings is 1. The third-order valence-corrected chi connectivity index (χ3v) is 4.45. The van der Waals surface area contributed by atoms with Gasteiger partial charge in [0.1, 0.15) is 5.54 Å². The molecule has 1 rings (SSSR count). The van der Waals surface area contributed by atoms with E-state index in [2.05, 4.69) is 4.72 Å². The van der Waals surface area contributed by atoms with E-state index in [0.717, 1.165) is 18.2 Å². The summed E-state index contributed by atoms with van der Waals surface area (Å²) in [7, 11) is -4.06. The van der Waals surface area contributed by atoms with Gasteiger partial charge in [0.25, 0.3) is 0 Å². The molecule has 0 atom stereocenters. The molecule has 7 nitrogen and oxygen atoms in total. The first-order valence-electron chi connectivity index (χ1n) is 5.34. The van der Waals surface area contributed by atoms with Crippen molar-refractivity contribution in [3.8, 4) is 0 Å². The molecule has 20 heavy (non-hydrogen) atoms. The van der Waals surface area contributed by atoms with E-state index in [4.69, 9.17) is 22.4 Å². The van der Waals surface area contributed by atoms with Gasteiger partial charge in [-0.3, -0.25) is 4.79 Å². The van der Waals surface area contributed by atoms with Gasteiger partial charge < -0.3 is 10.8 Å². The van der Waals surface area contributed by atoms with E-state index in [1.54, 1.807) is 0 Å². The lowest BCUT2D eigenvalue weighted by atomic mass is 10.1. The number of primary amides is 1. The highest BCUT2D eigenvalue weighted by atomic mass is 35.5. The normalized spacial score (nSPS) is 12.2. The number of nitrogens with one attached hydrogen (secondary N) is 1. The third-order valence-electron chi connectivity index (χ3n) is 2.49. The van der Waals surface area contributed by atoms with E-state index in [1.165, 1.54) is 13.8 Å². The van der Waals surface area contributed by atoms with Gasteiger partial charge in [0.2, 0.25) is 15.9 Å². The molecule has 0 aliphatic carbocycles. The molecule has 4 N–H and O–H groups in total. The van der Waals surface area contributed by atoms with Crippen molar-refractivity contribution in [2.24, 2.45) is 5.73 Å². The molecule has 0 aromatic heterocycles. The van der Waals surface area contributed by atoms with Crippen LogP contribution in [0.3, 0.4) is 0 Å². The minimum Gasteiger partial charge on any atom is -0.478 e. The number of sulfonamides is 1. The molecule has 0 heterocycles. The van der Waals surface area contributed by atoms with E-state index in [0.29, 0.717) is 0 Å². The largest absolute Gasteiger partial charge is 0.478 e. The van der Waals surface area contributed by atoms with Gasteiger partial charge >= 0.3 is 5.97 Å². The van der Waals surface area contributed by atoms with Crippen LogP contribution in [0.5, 0.6) is 0 Å². The van der Waals surface area contributed by atoms with Gasteiger partial charge in [-0.25, -0.2) is 13.2 Å². The van der Waals surface area contributed by atoms with Crippen molar-refractivity contribution in [2.75, 3.05) is 0 Å². The molecule has 1 amide bonds. The molecule has 1 aromatic rings. The zero-order valence-corrected chi connectivity index (χ0v) is 12.2. The maximum absolute atomic E-state index is 12.1. The minimum atomic E-state index is -4.06. The number of hydrogen-bond acceptors (Lipinski definition) is 4. The Kier molecular flexibility index (Phi) is 4.42. The van der Waals surface area contributed by atoms with E-state index >= 15 is 0 Å². The SMILES string of the molecule is CC(C)(NS(=O)(=O)c1ccc(C(=O)O)c(Cl)c1)C(N)=O. The number of carbonyl (C=O) groups is 2. The molecule has 0 aliphatic rings. The molecule has 9 heteroatoms. The van der Waals surface area contributed by atoms with Crippen molar-refractivity contribution in [1.82, 2.24) is 4.72 Å². The van der Waals surface area contributed by atoms with Crippen LogP contribution in [-0.2, 0) is 14.8 Å². The summed E-state index contributed by atoms with van der Waals surface area (Å²) in [5.41, 5.74) is 3.37. The van der Waals surface area contributed by atoms with E-state index < -0.39 is 27.4 Å². The first kappa shape index (κ1) is 16.4. The molecule has 0 saturated heterocycles. The molecule has 0 fully saturated rings. The minimum absolute atomic E-state index is 0.222. The van der Waals surface area contributed by atoms with Crippen LogP contribution >= 0.6 is 11.6 Å². The van der Waals surface area contributed by atoms with Gasteiger partial charge in [0.15, 0.2) is 0 Å². The Morgan fingerprint density at radius 2 is 1.90 bits per heavy atom. The van der Waals surface area contributed by atoms with Gasteiger partial charge in [0, 0.05) is 0 Å². The average molecular weight is 321 g/mol. The standard InChI is InChI=1S/C11H13ClN2O5S/c1-11(2,10(13)17)14-20(18,19)6-3-4-7(9(15)16)8(12)5-6/h3-5,14H,1-2H3,(H2,13,17)(H,15,16). The number of nitrogens with two attached hydrogens (primary N) is 1. The lowest BCUT2D eigenvalue weighted by Crippen LogP contribution is -2.52. The molecule has 1 aromatic carbocycles. The second kappa shape index (κ2) is 5.39. The summed E-state index contributed by atoms with van der Waals surface area (Å²) in [6, 6.07) is 3.13. The number of rotatable bonds is 5. The summed E-state index contributed by atoms with van der Waals surface area (Å²) in [6.07, 6.45) is 0. The first-order chi connectivity index (χ1) is 8.97. The van der Waals surface area contributed by atoms with Gasteiger partial charge in [0.05, 0.1) is 15.5 Å². The molecule has 0 spiro atoms. The van der Waals surface area contributed by atoms with Crippen molar-refractivity contribution in [2.45, 2.75) is 24.3 Å². The third kappa shape index (κ3) is 3.47. The highest BCUT2D eigenvalue weighted by Crippen LogP contribution is 2.22. The molecule has 0 saturated carbocycles. The topological polar surface area (TPSA) is 127 Å². The zero-order valence-electron chi connectivity index (χ0n) is 10.7. The Bertz CT molecular complexity index is 669. The summed E-state index contributed by atoms with van der Waals surface area (Å²) < 4.78 is 26.2. The molecular formula is C11H13ClN2O5S. The van der Waals surface area contributed by atoms with Crippen LogP contribution in [0, 0.1) is 0 Å². The molecule has 110 valence electrons. The van der Waals surface area contributed by atoms with Crippen molar-refractivity contribution >= 4 is 33.5 Å². The maximum Gasteiger partial charge on any atom is 0.337 e. The van der Waals surface area contributed by atoms with Gasteiger partial charge in [-0.05, 0) is 32.0 Å². The second-order valence-corrected chi connectivity index (χ2v) is 6.63. The van der Waals surface area contributed by atoms with Crippen LogP contribution in [-0.4, -0.2) is 30.9 Å². The fraction of sp³-hybridized carbons (Fsp3) is 0.273. The number of carbonyl (C=O) groups excluding carboxylic acids is 1. The molecular weight excluding hydrogens is 308 g/mol. The Labute approximate surface area is 120 Å². The van der Waals surface area contributed by atoms with Crippen LogP contribution in [0.15, 0.2) is 23.1 Å². The van der Waals surface area contributed by atoms with E-state index in [1.807, 2.05) is 0 Å². The Balaban J connectivity index is 3.21. The highest BCUT2D eigenvalue weighted by Gasteiger charge is 2.31. The van der Waals surface area contributed by atoms with Crippen molar-refractivity contribution in [1.29, 1.82) is 0 Å². The van der Waals surface area contributed by atoms with E-state index in [-0.39, 0.29) is 15.5 Å².